The summed E-state index contributed by atoms with van der Waals surface area (Å²) in [7, 11) is 0. The molecular formula is C8H15O. The Morgan fingerprint density at radius 3 is 2.78 bits per heavy atom. The highest BCUT2D eigenvalue weighted by molar-refractivity contribution is 4.94. The van der Waals surface area contributed by atoms with Crippen molar-refractivity contribution in [1.82, 2.24) is 0 Å². The summed E-state index contributed by atoms with van der Waals surface area (Å²) < 4.78 is 0. The van der Waals surface area contributed by atoms with Crippen LogP contribution in [-0.2, 0) is 0 Å². The minimum atomic E-state index is 0.367. The van der Waals surface area contributed by atoms with Crippen molar-refractivity contribution in [3.8, 4) is 0 Å². The number of aliphatic hydroxyl groups is 1. The molecule has 9 heavy (non-hydrogen) atoms. The second-order valence-electron chi connectivity index (χ2n) is 2.97. The Hall–Kier alpha value is -0.0400. The highest BCUT2D eigenvalue weighted by Crippen LogP contribution is 2.30. The highest BCUT2D eigenvalue weighted by atomic mass is 16.3. The van der Waals surface area contributed by atoms with Gasteiger partial charge >= 0.3 is 0 Å². The molecule has 0 aromatic carbocycles. The Morgan fingerprint density at radius 1 is 1.56 bits per heavy atom. The lowest BCUT2D eigenvalue weighted by atomic mass is 9.81. The average Bonchev–Trinajstić information content (AvgIpc) is 1.89. The minimum Gasteiger partial charge on any atom is -0.396 e. The molecule has 1 heteroatoms. The molecule has 0 aromatic rings. The molecule has 0 aromatic heterocycles. The normalized spacial score (nSPS) is 30.7. The fraction of sp³-hybridized carbons (Fsp3) is 0.875. The van der Waals surface area contributed by atoms with E-state index in [1.165, 1.54) is 31.6 Å². The predicted molar refractivity (Wildman–Crippen MR) is 38.0 cm³/mol. The van der Waals surface area contributed by atoms with E-state index in [0.29, 0.717) is 12.5 Å². The summed E-state index contributed by atoms with van der Waals surface area (Å²) in [4.78, 5) is 0. The Bertz CT molecular complexity index is 80.6. The summed E-state index contributed by atoms with van der Waals surface area (Å²) in [5, 5.41) is 8.84. The summed E-state index contributed by atoms with van der Waals surface area (Å²) in [6.07, 6.45) is 5.10. The molecule has 1 unspecified atom stereocenters. The molecule has 0 amide bonds. The van der Waals surface area contributed by atoms with Crippen molar-refractivity contribution >= 4 is 0 Å². The van der Waals surface area contributed by atoms with Gasteiger partial charge in [0.1, 0.15) is 0 Å². The summed E-state index contributed by atoms with van der Waals surface area (Å²) in [5.41, 5.74) is 0. The van der Waals surface area contributed by atoms with Crippen LogP contribution in [-0.4, -0.2) is 11.7 Å². The zero-order valence-corrected chi connectivity index (χ0v) is 6.06. The monoisotopic (exact) mass is 127 g/mol. The number of aliphatic hydroxyl groups excluding tert-OH is 1. The Balaban J connectivity index is 2.30. The first-order valence-corrected chi connectivity index (χ1v) is 3.77. The molecule has 0 saturated heterocycles. The van der Waals surface area contributed by atoms with Gasteiger partial charge in [0.2, 0.25) is 0 Å². The van der Waals surface area contributed by atoms with Crippen molar-refractivity contribution < 1.29 is 5.11 Å². The van der Waals surface area contributed by atoms with Gasteiger partial charge in [0.15, 0.2) is 0 Å². The second-order valence-corrected chi connectivity index (χ2v) is 2.97. The summed E-state index contributed by atoms with van der Waals surface area (Å²) in [6.45, 7) is 2.53. The smallest absolute Gasteiger partial charge is 0.0464 e. The predicted octanol–water partition coefficient (Wildman–Crippen LogP) is 1.76. The fourth-order valence-electron chi connectivity index (χ4n) is 1.49. The molecule has 0 bridgehead atoms. The van der Waals surface area contributed by atoms with Crippen LogP contribution >= 0.6 is 0 Å². The highest BCUT2D eigenvalue weighted by Gasteiger charge is 2.19. The summed E-state index contributed by atoms with van der Waals surface area (Å²) >= 11 is 0. The van der Waals surface area contributed by atoms with E-state index in [0.717, 1.165) is 0 Å². The van der Waals surface area contributed by atoms with E-state index in [9.17, 15) is 0 Å². The van der Waals surface area contributed by atoms with Crippen molar-refractivity contribution in [2.24, 2.45) is 5.92 Å². The zero-order valence-electron chi connectivity index (χ0n) is 6.06. The van der Waals surface area contributed by atoms with Crippen molar-refractivity contribution in [3.63, 3.8) is 0 Å². The first-order chi connectivity index (χ1) is 4.34. The van der Waals surface area contributed by atoms with Crippen LogP contribution < -0.4 is 0 Å². The van der Waals surface area contributed by atoms with Gasteiger partial charge in [0, 0.05) is 6.61 Å². The van der Waals surface area contributed by atoms with Crippen LogP contribution in [0.1, 0.15) is 32.6 Å². The summed E-state index contributed by atoms with van der Waals surface area (Å²) in [6, 6.07) is 0. The zero-order chi connectivity index (χ0) is 6.69. The number of hydrogen-bond donors (Lipinski definition) is 1. The Kier molecular flexibility index (Phi) is 2.52. The lowest BCUT2D eigenvalue weighted by Gasteiger charge is -2.25. The molecule has 1 aliphatic rings. The van der Waals surface area contributed by atoms with Gasteiger partial charge in [-0.2, -0.15) is 0 Å². The van der Waals surface area contributed by atoms with Gasteiger partial charge in [-0.3, -0.25) is 0 Å². The molecule has 0 aliphatic heterocycles. The molecule has 1 atom stereocenters. The van der Waals surface area contributed by atoms with E-state index >= 15 is 0 Å². The van der Waals surface area contributed by atoms with E-state index < -0.39 is 0 Å². The lowest BCUT2D eigenvalue weighted by Crippen LogP contribution is -2.17. The molecule has 1 fully saturated rings. The molecule has 1 rings (SSSR count). The van der Waals surface area contributed by atoms with Gasteiger partial charge in [-0.1, -0.05) is 19.8 Å². The van der Waals surface area contributed by atoms with Crippen LogP contribution in [0.2, 0.25) is 0 Å². The topological polar surface area (TPSA) is 20.2 Å². The molecule has 1 radical (unpaired) electrons. The largest absolute Gasteiger partial charge is 0.396 e. The molecule has 1 saturated carbocycles. The van der Waals surface area contributed by atoms with Crippen LogP contribution in [0.25, 0.3) is 0 Å². The molecule has 1 N–H and O–H groups in total. The van der Waals surface area contributed by atoms with Crippen LogP contribution in [0, 0.1) is 11.8 Å². The van der Waals surface area contributed by atoms with Crippen LogP contribution in [0.5, 0.6) is 0 Å². The first kappa shape index (κ1) is 7.07. The standard InChI is InChI=1S/C8H15O/c1-7-4-2-3-5-8(7)6-9/h8-9H,2-6H2,1H3. The fourth-order valence-corrected chi connectivity index (χ4v) is 1.49. The molecule has 53 valence electrons. The average molecular weight is 127 g/mol. The van der Waals surface area contributed by atoms with Crippen molar-refractivity contribution in [1.29, 1.82) is 0 Å². The maximum absolute atomic E-state index is 8.84. The Morgan fingerprint density at radius 2 is 2.33 bits per heavy atom. The molecule has 0 heterocycles. The lowest BCUT2D eigenvalue weighted by molar-refractivity contribution is 0.207. The number of rotatable bonds is 1. The maximum atomic E-state index is 8.84. The molecule has 1 aliphatic carbocycles. The third kappa shape index (κ3) is 1.68. The molecule has 1 nitrogen and oxygen atoms in total. The van der Waals surface area contributed by atoms with E-state index in [2.05, 4.69) is 6.92 Å². The second kappa shape index (κ2) is 3.21. The minimum absolute atomic E-state index is 0.367. The van der Waals surface area contributed by atoms with Gasteiger partial charge in [0.25, 0.3) is 0 Å². The van der Waals surface area contributed by atoms with E-state index in [1.807, 2.05) is 0 Å². The number of hydrogen-bond acceptors (Lipinski definition) is 1. The first-order valence-electron chi connectivity index (χ1n) is 3.77. The quantitative estimate of drug-likeness (QED) is 0.569. The summed E-state index contributed by atoms with van der Waals surface area (Å²) in [5.74, 6) is 2.03. The van der Waals surface area contributed by atoms with Gasteiger partial charge < -0.3 is 5.11 Å². The molecule has 0 spiro atoms. The van der Waals surface area contributed by atoms with E-state index in [4.69, 9.17) is 5.11 Å². The van der Waals surface area contributed by atoms with Gasteiger partial charge in [-0.15, -0.1) is 0 Å². The van der Waals surface area contributed by atoms with Gasteiger partial charge in [-0.25, -0.2) is 0 Å². The van der Waals surface area contributed by atoms with Crippen LogP contribution in [0.15, 0.2) is 0 Å². The van der Waals surface area contributed by atoms with E-state index in [-0.39, 0.29) is 0 Å². The van der Waals surface area contributed by atoms with Crippen LogP contribution in [0.4, 0.5) is 0 Å². The van der Waals surface area contributed by atoms with E-state index in [1.54, 1.807) is 0 Å². The van der Waals surface area contributed by atoms with Gasteiger partial charge in [-0.05, 0) is 24.7 Å². The van der Waals surface area contributed by atoms with Gasteiger partial charge in [0.05, 0.1) is 0 Å². The Labute approximate surface area is 57.1 Å². The maximum Gasteiger partial charge on any atom is 0.0464 e. The van der Waals surface area contributed by atoms with Crippen LogP contribution in [0.3, 0.4) is 0 Å². The van der Waals surface area contributed by atoms with Crippen molar-refractivity contribution in [3.05, 3.63) is 5.92 Å². The third-order valence-electron chi connectivity index (χ3n) is 2.29. The third-order valence-corrected chi connectivity index (χ3v) is 2.29. The van der Waals surface area contributed by atoms with Crippen molar-refractivity contribution in [2.45, 2.75) is 32.6 Å². The molecular weight excluding hydrogens is 112 g/mol. The van der Waals surface area contributed by atoms with Crippen molar-refractivity contribution in [2.75, 3.05) is 6.61 Å². The SMILES string of the molecule is C[C]1CCCCC1CO.